The van der Waals surface area contributed by atoms with Crippen molar-refractivity contribution in [1.82, 2.24) is 0 Å². The minimum Gasteiger partial charge on any atom is -0.435 e. The monoisotopic (exact) mass is 224 g/mol. The fraction of sp³-hybridized carbons (Fsp3) is 0.857. The van der Waals surface area contributed by atoms with E-state index in [9.17, 15) is 13.2 Å². The number of carbonyl (C=O) groups is 1. The van der Waals surface area contributed by atoms with Crippen molar-refractivity contribution in [2.45, 2.75) is 19.4 Å². The van der Waals surface area contributed by atoms with E-state index in [0.29, 0.717) is 0 Å². The van der Waals surface area contributed by atoms with Crippen LogP contribution in [0.1, 0.15) is 13.8 Å². The van der Waals surface area contributed by atoms with Gasteiger partial charge in [-0.1, -0.05) is 0 Å². The van der Waals surface area contributed by atoms with Crippen LogP contribution in [0.3, 0.4) is 0 Å². The van der Waals surface area contributed by atoms with Crippen LogP contribution in [0.2, 0.25) is 0 Å². The molecule has 82 valence electrons. The third kappa shape index (κ3) is 2.85. The van der Waals surface area contributed by atoms with Crippen LogP contribution in [0.5, 0.6) is 0 Å². The lowest BCUT2D eigenvalue weighted by Crippen LogP contribution is -2.36. The first-order chi connectivity index (χ1) is 6.37. The average molecular weight is 224 g/mol. The van der Waals surface area contributed by atoms with E-state index in [1.54, 1.807) is 6.92 Å². The maximum Gasteiger partial charge on any atom is 0.508 e. The Hall–Kier alpha value is -0.820. The van der Waals surface area contributed by atoms with E-state index < -0.39 is 21.9 Å². The first-order valence-electron chi connectivity index (χ1n) is 4.10. The molecule has 1 aliphatic heterocycles. The van der Waals surface area contributed by atoms with Crippen molar-refractivity contribution in [2.75, 3.05) is 19.0 Å². The molecule has 0 amide bonds. The summed E-state index contributed by atoms with van der Waals surface area (Å²) in [6.45, 7) is 3.14. The summed E-state index contributed by atoms with van der Waals surface area (Å²) < 4.78 is 35.7. The van der Waals surface area contributed by atoms with Crippen molar-refractivity contribution >= 4 is 16.3 Å². The molecule has 0 saturated carbocycles. The highest BCUT2D eigenvalue weighted by atomic mass is 32.2. The molecule has 1 unspecified atom stereocenters. The normalized spacial score (nSPS) is 29.9. The molecule has 14 heavy (non-hydrogen) atoms. The van der Waals surface area contributed by atoms with Crippen LogP contribution in [0.15, 0.2) is 0 Å². The number of rotatable bonds is 2. The molecule has 1 saturated heterocycles. The Balaban J connectivity index is 2.57. The molecule has 0 aromatic carbocycles. The smallest absolute Gasteiger partial charge is 0.435 e. The van der Waals surface area contributed by atoms with E-state index in [-0.39, 0.29) is 19.0 Å². The van der Waals surface area contributed by atoms with Gasteiger partial charge in [-0.05, 0) is 13.8 Å². The molecule has 1 atom stereocenters. The van der Waals surface area contributed by atoms with Crippen LogP contribution in [0, 0.1) is 0 Å². The Morgan fingerprint density at radius 3 is 2.64 bits per heavy atom. The highest BCUT2D eigenvalue weighted by molar-refractivity contribution is 7.87. The highest BCUT2D eigenvalue weighted by Gasteiger charge is 2.43. The summed E-state index contributed by atoms with van der Waals surface area (Å²) in [5, 5.41) is 0. The molecule has 0 aliphatic carbocycles. The quantitative estimate of drug-likeness (QED) is 0.495. The third-order valence-electron chi connectivity index (χ3n) is 1.62. The summed E-state index contributed by atoms with van der Waals surface area (Å²) in [4.78, 5) is 10.9. The van der Waals surface area contributed by atoms with Gasteiger partial charge in [-0.25, -0.2) is 4.79 Å². The molecule has 0 N–H and O–H groups in total. The number of hydrogen-bond acceptors (Lipinski definition) is 6. The van der Waals surface area contributed by atoms with Crippen molar-refractivity contribution in [1.29, 1.82) is 0 Å². The minimum absolute atomic E-state index is 0.159. The third-order valence-corrected chi connectivity index (χ3v) is 3.06. The zero-order chi connectivity index (χ0) is 10.8. The molecular formula is C7H12O6S. The molecular weight excluding hydrogens is 212 g/mol. The maximum atomic E-state index is 10.9. The van der Waals surface area contributed by atoms with Crippen LogP contribution in [-0.2, 0) is 23.8 Å². The highest BCUT2D eigenvalue weighted by Crippen LogP contribution is 2.23. The van der Waals surface area contributed by atoms with Gasteiger partial charge in [0.15, 0.2) is 5.60 Å². The summed E-state index contributed by atoms with van der Waals surface area (Å²) in [6, 6.07) is 0. The largest absolute Gasteiger partial charge is 0.508 e. The van der Waals surface area contributed by atoms with E-state index >= 15 is 0 Å². The Morgan fingerprint density at radius 1 is 1.57 bits per heavy atom. The van der Waals surface area contributed by atoms with Gasteiger partial charge in [0.2, 0.25) is 0 Å². The Kier molecular flexibility index (Phi) is 3.01. The van der Waals surface area contributed by atoms with Gasteiger partial charge in [-0.3, -0.25) is 4.18 Å². The first-order valence-corrected chi connectivity index (χ1v) is 5.67. The predicted octanol–water partition coefficient (Wildman–Crippen LogP) is 0.278. The second-order valence-corrected chi connectivity index (χ2v) is 4.84. The van der Waals surface area contributed by atoms with Gasteiger partial charge in [-0.2, -0.15) is 8.42 Å². The number of ether oxygens (including phenoxy) is 2. The van der Waals surface area contributed by atoms with Crippen molar-refractivity contribution in [2.24, 2.45) is 0 Å². The summed E-state index contributed by atoms with van der Waals surface area (Å²) in [6.07, 6.45) is -0.879. The minimum atomic E-state index is -3.55. The van der Waals surface area contributed by atoms with Gasteiger partial charge < -0.3 is 9.47 Å². The standard InChI is InChI=1S/C7H12O6S/c1-3-11-6(8)13-7(2)4-12-14(9,10)5-7/h3-5H2,1-2H3. The molecule has 1 fully saturated rings. The molecule has 0 aromatic rings. The van der Waals surface area contributed by atoms with Crippen LogP contribution in [-0.4, -0.2) is 39.1 Å². The molecule has 0 aromatic heterocycles. The van der Waals surface area contributed by atoms with Crippen molar-refractivity contribution < 1.29 is 26.9 Å². The molecule has 6 nitrogen and oxygen atoms in total. The van der Waals surface area contributed by atoms with Gasteiger partial charge >= 0.3 is 6.16 Å². The second-order valence-electron chi connectivity index (χ2n) is 3.20. The van der Waals surface area contributed by atoms with Crippen molar-refractivity contribution in [3.05, 3.63) is 0 Å². The van der Waals surface area contributed by atoms with Crippen LogP contribution >= 0.6 is 0 Å². The summed E-state index contributed by atoms with van der Waals surface area (Å²) >= 11 is 0. The summed E-state index contributed by atoms with van der Waals surface area (Å²) in [7, 11) is -3.55. The Labute approximate surface area is 82.3 Å². The fourth-order valence-electron chi connectivity index (χ4n) is 1.08. The molecule has 1 aliphatic rings. The fourth-order valence-corrected chi connectivity index (χ4v) is 2.48. The maximum absolute atomic E-state index is 10.9. The average Bonchev–Trinajstić information content (AvgIpc) is 2.25. The van der Waals surface area contributed by atoms with E-state index in [2.05, 4.69) is 8.92 Å². The zero-order valence-electron chi connectivity index (χ0n) is 7.98. The molecule has 0 radical (unpaired) electrons. The van der Waals surface area contributed by atoms with Gasteiger partial charge in [0.05, 0.1) is 6.61 Å². The van der Waals surface area contributed by atoms with E-state index in [1.807, 2.05) is 0 Å². The molecule has 1 rings (SSSR count). The van der Waals surface area contributed by atoms with Crippen molar-refractivity contribution in [3.63, 3.8) is 0 Å². The lowest BCUT2D eigenvalue weighted by molar-refractivity contribution is -0.0214. The summed E-state index contributed by atoms with van der Waals surface area (Å²) in [5.41, 5.74) is -1.13. The van der Waals surface area contributed by atoms with Gasteiger partial charge in [0, 0.05) is 0 Å². The summed E-state index contributed by atoms with van der Waals surface area (Å²) in [5.74, 6) is -0.335. The molecule has 0 bridgehead atoms. The molecule has 7 heteroatoms. The van der Waals surface area contributed by atoms with Gasteiger partial charge in [-0.15, -0.1) is 0 Å². The second kappa shape index (κ2) is 3.74. The number of carbonyl (C=O) groups excluding carboxylic acids is 1. The van der Waals surface area contributed by atoms with E-state index in [4.69, 9.17) is 4.74 Å². The van der Waals surface area contributed by atoms with Crippen LogP contribution in [0.25, 0.3) is 0 Å². The van der Waals surface area contributed by atoms with Crippen LogP contribution < -0.4 is 0 Å². The van der Waals surface area contributed by atoms with E-state index in [0.717, 1.165) is 0 Å². The first kappa shape index (κ1) is 11.3. The van der Waals surface area contributed by atoms with E-state index in [1.165, 1.54) is 6.92 Å². The predicted molar refractivity (Wildman–Crippen MR) is 46.3 cm³/mol. The number of hydrogen-bond donors (Lipinski definition) is 0. The lowest BCUT2D eigenvalue weighted by Gasteiger charge is -2.19. The molecule has 1 heterocycles. The Morgan fingerprint density at radius 2 is 2.21 bits per heavy atom. The SMILES string of the molecule is CCOC(=O)OC1(C)COS(=O)(=O)C1. The Bertz CT molecular complexity index is 321. The molecule has 0 spiro atoms. The zero-order valence-corrected chi connectivity index (χ0v) is 8.80. The van der Waals surface area contributed by atoms with Crippen molar-refractivity contribution in [3.8, 4) is 0 Å². The lowest BCUT2D eigenvalue weighted by atomic mass is 10.1. The topological polar surface area (TPSA) is 78.9 Å². The van der Waals surface area contributed by atoms with Gasteiger partial charge in [0.1, 0.15) is 12.4 Å². The van der Waals surface area contributed by atoms with Gasteiger partial charge in [0.25, 0.3) is 10.1 Å². The van der Waals surface area contributed by atoms with Crippen LogP contribution in [0.4, 0.5) is 4.79 Å².